The number of unbranched alkanes of at least 4 members (excludes halogenated alkanes) is 55. The van der Waals surface area contributed by atoms with Gasteiger partial charge < -0.3 is 40.3 Å². The largest absolute Gasteiger partial charge is 0.394 e. The zero-order chi connectivity index (χ0) is 57.9. The van der Waals surface area contributed by atoms with E-state index < -0.39 is 49.5 Å². The smallest absolute Gasteiger partial charge is 0.220 e. The van der Waals surface area contributed by atoms with Crippen molar-refractivity contribution < 1.29 is 39.8 Å². The van der Waals surface area contributed by atoms with Crippen molar-refractivity contribution in [2.75, 3.05) is 13.2 Å². The summed E-state index contributed by atoms with van der Waals surface area (Å²) in [5.74, 6) is -0.133. The Hall–Kier alpha value is -0.810. The minimum absolute atomic E-state index is 0.130. The van der Waals surface area contributed by atoms with E-state index in [1.54, 1.807) is 0 Å². The molecule has 7 unspecified atom stereocenters. The average Bonchev–Trinajstić information content (AvgIpc) is 3.46. The molecule has 0 aromatic heterocycles. The van der Waals surface area contributed by atoms with E-state index in [1.807, 2.05) is 0 Å². The number of carbonyl (C=O) groups is 1. The fraction of sp³-hybridized carbons (Fsp3) is 0.986. The maximum absolute atomic E-state index is 13.2. The number of ether oxygens (including phenoxy) is 2. The lowest BCUT2D eigenvalue weighted by Gasteiger charge is -2.40. The predicted molar refractivity (Wildman–Crippen MR) is 341 cm³/mol. The number of hydrogen-bond acceptors (Lipinski definition) is 8. The second kappa shape index (κ2) is 61.3. The van der Waals surface area contributed by atoms with Gasteiger partial charge in [0.05, 0.1) is 25.4 Å². The minimum atomic E-state index is -1.55. The molecule has 0 aromatic rings. The molecule has 1 aliphatic heterocycles. The van der Waals surface area contributed by atoms with Gasteiger partial charge in [-0.1, -0.05) is 373 Å². The third kappa shape index (κ3) is 49.5. The third-order valence-electron chi connectivity index (χ3n) is 18.0. The van der Waals surface area contributed by atoms with E-state index in [4.69, 9.17) is 9.47 Å². The third-order valence-corrected chi connectivity index (χ3v) is 18.0. The molecular weight excluding hydrogens is 995 g/mol. The molecule has 0 saturated carbocycles. The van der Waals surface area contributed by atoms with Gasteiger partial charge in [-0.2, -0.15) is 0 Å². The lowest BCUT2D eigenvalue weighted by atomic mass is 9.99. The van der Waals surface area contributed by atoms with Crippen LogP contribution in [-0.4, -0.2) is 87.5 Å². The Morgan fingerprint density at radius 1 is 0.375 bits per heavy atom. The molecule has 478 valence electrons. The van der Waals surface area contributed by atoms with Gasteiger partial charge in [-0.15, -0.1) is 0 Å². The molecule has 7 atom stereocenters. The molecule has 1 rings (SSSR count). The lowest BCUT2D eigenvalue weighted by Crippen LogP contribution is -2.60. The first kappa shape index (κ1) is 77.2. The first-order valence-corrected chi connectivity index (χ1v) is 36.2. The summed E-state index contributed by atoms with van der Waals surface area (Å²) >= 11 is 0. The summed E-state index contributed by atoms with van der Waals surface area (Å²) in [7, 11) is 0. The van der Waals surface area contributed by atoms with E-state index in [9.17, 15) is 30.3 Å². The average molecular weight is 1140 g/mol. The van der Waals surface area contributed by atoms with Gasteiger partial charge >= 0.3 is 0 Å². The van der Waals surface area contributed by atoms with E-state index >= 15 is 0 Å². The topological polar surface area (TPSA) is 149 Å². The van der Waals surface area contributed by atoms with Gasteiger partial charge in [0.25, 0.3) is 0 Å². The van der Waals surface area contributed by atoms with Crippen molar-refractivity contribution >= 4 is 5.91 Å². The van der Waals surface area contributed by atoms with Crippen LogP contribution >= 0.6 is 0 Å². The SMILES string of the molecule is CCCCCCCCCCCCCCCCCCCCCCCCCCCCCCCCCCCC(=O)NC(COC1OC(CO)C(O)C(O)C1O)C(O)CCCCCCCCCCCCCCCCCCCCCCCCCC. The summed E-state index contributed by atoms with van der Waals surface area (Å²) in [6.45, 7) is 3.91. The number of carbonyl (C=O) groups excluding carboxylic acids is 1. The molecule has 0 radical (unpaired) electrons. The number of nitrogens with one attached hydrogen (secondary N) is 1. The monoisotopic (exact) mass is 1140 g/mol. The highest BCUT2D eigenvalue weighted by Gasteiger charge is 2.44. The fourth-order valence-electron chi connectivity index (χ4n) is 12.3. The van der Waals surface area contributed by atoms with Crippen LogP contribution in [0.4, 0.5) is 0 Å². The molecule has 0 aliphatic carbocycles. The maximum Gasteiger partial charge on any atom is 0.220 e. The molecule has 0 bridgehead atoms. The van der Waals surface area contributed by atoms with E-state index in [0.29, 0.717) is 12.8 Å². The maximum atomic E-state index is 13.2. The van der Waals surface area contributed by atoms with Gasteiger partial charge in [0.15, 0.2) is 6.29 Å². The second-order valence-electron chi connectivity index (χ2n) is 25.8. The number of amides is 1. The Balaban J connectivity index is 2.07. The molecule has 1 amide bonds. The van der Waals surface area contributed by atoms with Crippen molar-refractivity contribution in [2.45, 2.75) is 436 Å². The molecule has 6 N–H and O–H groups in total. The highest BCUT2D eigenvalue weighted by atomic mass is 16.7. The standard InChI is InChI=1S/C71H141NO8/c1-3-5-7-9-11-13-15-17-19-21-23-25-27-29-30-31-32-33-34-35-36-37-39-41-43-45-47-49-51-53-55-57-59-61-67(75)72-64(63-79-71-70(78)69(77)68(76)66(62-73)80-71)65(74)60-58-56-54-52-50-48-46-44-42-40-38-28-26-24-22-20-18-16-14-12-10-8-6-4-2/h64-66,68-71,73-74,76-78H,3-63H2,1-2H3,(H,72,75). The number of rotatable bonds is 65. The molecule has 80 heavy (non-hydrogen) atoms. The summed E-state index contributed by atoms with van der Waals surface area (Å²) in [5, 5.41) is 55.0. The summed E-state index contributed by atoms with van der Waals surface area (Å²) in [6.07, 6.45) is 70.4. The molecule has 1 aliphatic rings. The van der Waals surface area contributed by atoms with Gasteiger partial charge in [0.1, 0.15) is 24.4 Å². The predicted octanol–water partition coefficient (Wildman–Crippen LogP) is 19.7. The van der Waals surface area contributed by atoms with Crippen LogP contribution in [0.15, 0.2) is 0 Å². The lowest BCUT2D eigenvalue weighted by molar-refractivity contribution is -0.302. The fourth-order valence-corrected chi connectivity index (χ4v) is 12.3. The van der Waals surface area contributed by atoms with Gasteiger partial charge in [0, 0.05) is 6.42 Å². The molecule has 9 heteroatoms. The van der Waals surface area contributed by atoms with Gasteiger partial charge in [-0.25, -0.2) is 0 Å². The van der Waals surface area contributed by atoms with Crippen molar-refractivity contribution in [3.8, 4) is 0 Å². The molecule has 1 saturated heterocycles. The van der Waals surface area contributed by atoms with Gasteiger partial charge in [-0.3, -0.25) is 4.79 Å². The normalized spacial score (nSPS) is 18.3. The molecule has 9 nitrogen and oxygen atoms in total. The van der Waals surface area contributed by atoms with Crippen molar-refractivity contribution in [3.05, 3.63) is 0 Å². The number of aliphatic hydroxyl groups is 5. The van der Waals surface area contributed by atoms with Crippen LogP contribution in [0.3, 0.4) is 0 Å². The Morgan fingerprint density at radius 3 is 0.887 bits per heavy atom. The first-order valence-electron chi connectivity index (χ1n) is 36.2. The Kier molecular flexibility index (Phi) is 59.1. The highest BCUT2D eigenvalue weighted by molar-refractivity contribution is 5.76. The summed E-state index contributed by atoms with van der Waals surface area (Å²) in [4.78, 5) is 13.2. The Labute approximate surface area is 497 Å². The molecule has 1 heterocycles. The van der Waals surface area contributed by atoms with Crippen LogP contribution in [-0.2, 0) is 14.3 Å². The minimum Gasteiger partial charge on any atom is -0.394 e. The number of hydrogen-bond donors (Lipinski definition) is 6. The molecule has 1 fully saturated rings. The van der Waals surface area contributed by atoms with Crippen molar-refractivity contribution in [2.24, 2.45) is 0 Å². The van der Waals surface area contributed by atoms with E-state index in [2.05, 4.69) is 19.2 Å². The van der Waals surface area contributed by atoms with Crippen LogP contribution in [0, 0.1) is 0 Å². The number of aliphatic hydroxyl groups excluding tert-OH is 5. The van der Waals surface area contributed by atoms with E-state index in [-0.39, 0.29) is 12.5 Å². The van der Waals surface area contributed by atoms with Gasteiger partial charge in [0.2, 0.25) is 5.91 Å². The van der Waals surface area contributed by atoms with E-state index in [1.165, 1.54) is 327 Å². The molecule has 0 aromatic carbocycles. The summed E-state index contributed by atoms with van der Waals surface area (Å²) in [5.41, 5.74) is 0. The van der Waals surface area contributed by atoms with Crippen LogP contribution in [0.1, 0.15) is 393 Å². The summed E-state index contributed by atoms with van der Waals surface area (Å²) < 4.78 is 11.4. The summed E-state index contributed by atoms with van der Waals surface area (Å²) in [6, 6.07) is -0.715. The highest BCUT2D eigenvalue weighted by Crippen LogP contribution is 2.24. The molecule has 0 spiro atoms. The van der Waals surface area contributed by atoms with Gasteiger partial charge in [-0.05, 0) is 12.8 Å². The van der Waals surface area contributed by atoms with Crippen LogP contribution in [0.2, 0.25) is 0 Å². The van der Waals surface area contributed by atoms with Crippen molar-refractivity contribution in [1.29, 1.82) is 0 Å². The van der Waals surface area contributed by atoms with E-state index in [0.717, 1.165) is 38.5 Å². The zero-order valence-corrected chi connectivity index (χ0v) is 53.6. The molecular formula is C71H141NO8. The second-order valence-corrected chi connectivity index (χ2v) is 25.8. The Morgan fingerprint density at radius 2 is 0.625 bits per heavy atom. The first-order chi connectivity index (χ1) is 39.3. The van der Waals surface area contributed by atoms with Crippen LogP contribution < -0.4 is 5.32 Å². The quantitative estimate of drug-likeness (QED) is 0.0330. The Bertz CT molecular complexity index is 1220. The van der Waals surface area contributed by atoms with Crippen LogP contribution in [0.5, 0.6) is 0 Å². The van der Waals surface area contributed by atoms with Crippen molar-refractivity contribution in [1.82, 2.24) is 5.32 Å². The zero-order valence-electron chi connectivity index (χ0n) is 53.6. The van der Waals surface area contributed by atoms with Crippen molar-refractivity contribution in [3.63, 3.8) is 0 Å². The van der Waals surface area contributed by atoms with Crippen LogP contribution in [0.25, 0.3) is 0 Å².